The molecule has 0 spiro atoms. The minimum atomic E-state index is -0.910. The van der Waals surface area contributed by atoms with Crippen molar-refractivity contribution in [3.63, 3.8) is 0 Å². The lowest BCUT2D eigenvalue weighted by Crippen LogP contribution is -2.21. The third-order valence-electron chi connectivity index (χ3n) is 3.89. The van der Waals surface area contributed by atoms with Crippen LogP contribution in [0.5, 0.6) is 0 Å². The van der Waals surface area contributed by atoms with Crippen LogP contribution < -0.4 is 5.73 Å². The fraction of sp³-hybridized carbons (Fsp3) is 0.353. The fourth-order valence-corrected chi connectivity index (χ4v) is 2.64. The number of aryl methyl sites for hydroxylation is 1. The molecule has 0 radical (unpaired) electrons. The molecule has 2 rings (SSSR count). The van der Waals surface area contributed by atoms with Gasteiger partial charge in [0.2, 0.25) is 0 Å². The first-order valence-corrected chi connectivity index (χ1v) is 7.21. The topological polar surface area (TPSA) is 68.2 Å². The Labute approximate surface area is 137 Å². The molecular formula is C17H23ClN2O2. The molecular weight excluding hydrogens is 300 g/mol. The van der Waals surface area contributed by atoms with E-state index >= 15 is 0 Å². The summed E-state index contributed by atoms with van der Waals surface area (Å²) in [5.41, 5.74) is 10.7. The van der Waals surface area contributed by atoms with Crippen LogP contribution >= 0.6 is 12.4 Å². The summed E-state index contributed by atoms with van der Waals surface area (Å²) in [6.45, 7) is 6.17. The molecule has 0 saturated carbocycles. The molecule has 1 unspecified atom stereocenters. The lowest BCUT2D eigenvalue weighted by Gasteiger charge is -2.12. The van der Waals surface area contributed by atoms with Crippen molar-refractivity contribution in [2.75, 3.05) is 0 Å². The van der Waals surface area contributed by atoms with E-state index in [1.54, 1.807) is 18.2 Å². The first-order valence-electron chi connectivity index (χ1n) is 7.21. The van der Waals surface area contributed by atoms with E-state index in [4.69, 9.17) is 10.8 Å². The molecule has 0 amide bonds. The van der Waals surface area contributed by atoms with Crippen LogP contribution in [0.1, 0.15) is 40.7 Å². The Morgan fingerprint density at radius 2 is 2.00 bits per heavy atom. The number of halogens is 1. The van der Waals surface area contributed by atoms with E-state index in [0.717, 1.165) is 29.9 Å². The van der Waals surface area contributed by atoms with Crippen LogP contribution in [0.15, 0.2) is 30.3 Å². The summed E-state index contributed by atoms with van der Waals surface area (Å²) in [6, 6.07) is 9.30. The van der Waals surface area contributed by atoms with Gasteiger partial charge in [-0.2, -0.15) is 0 Å². The number of carboxylic acid groups (broad SMARTS) is 1. The van der Waals surface area contributed by atoms with Gasteiger partial charge >= 0.3 is 5.97 Å². The zero-order chi connectivity index (χ0) is 15.6. The van der Waals surface area contributed by atoms with Gasteiger partial charge in [0, 0.05) is 23.1 Å². The van der Waals surface area contributed by atoms with Crippen molar-refractivity contribution in [1.29, 1.82) is 0 Å². The molecule has 0 aliphatic rings. The van der Waals surface area contributed by atoms with Gasteiger partial charge in [-0.05, 0) is 56.5 Å². The van der Waals surface area contributed by atoms with E-state index in [-0.39, 0.29) is 18.4 Å². The van der Waals surface area contributed by atoms with Crippen molar-refractivity contribution in [1.82, 2.24) is 4.57 Å². The number of rotatable bonds is 5. The van der Waals surface area contributed by atoms with Crippen LogP contribution in [-0.4, -0.2) is 21.7 Å². The molecule has 1 aromatic heterocycles. The molecule has 0 fully saturated rings. The minimum absolute atomic E-state index is 0. The van der Waals surface area contributed by atoms with Gasteiger partial charge in [-0.3, -0.25) is 0 Å². The quantitative estimate of drug-likeness (QED) is 0.885. The van der Waals surface area contributed by atoms with Gasteiger partial charge in [0.1, 0.15) is 0 Å². The Morgan fingerprint density at radius 1 is 1.32 bits per heavy atom. The maximum absolute atomic E-state index is 11.1. The molecule has 0 bridgehead atoms. The molecule has 3 N–H and O–H groups in total. The highest BCUT2D eigenvalue weighted by Gasteiger charge is 2.14. The summed E-state index contributed by atoms with van der Waals surface area (Å²) in [5, 5.41) is 9.13. The molecule has 4 nitrogen and oxygen atoms in total. The van der Waals surface area contributed by atoms with E-state index in [0.29, 0.717) is 5.56 Å². The maximum atomic E-state index is 11.1. The third kappa shape index (κ3) is 3.70. The summed E-state index contributed by atoms with van der Waals surface area (Å²) in [7, 11) is 0. The number of nitrogens with zero attached hydrogens (tertiary/aromatic N) is 1. The average molecular weight is 323 g/mol. The van der Waals surface area contributed by atoms with Gasteiger partial charge in [0.05, 0.1) is 5.56 Å². The number of nitrogens with two attached hydrogens (primary N) is 1. The normalized spacial score (nSPS) is 11.8. The largest absolute Gasteiger partial charge is 0.478 e. The van der Waals surface area contributed by atoms with Crippen molar-refractivity contribution < 1.29 is 9.90 Å². The average Bonchev–Trinajstić information content (AvgIpc) is 2.73. The summed E-state index contributed by atoms with van der Waals surface area (Å²) in [5.74, 6) is -0.910. The van der Waals surface area contributed by atoms with Crippen molar-refractivity contribution in [2.45, 2.75) is 39.7 Å². The van der Waals surface area contributed by atoms with Crippen LogP contribution in [-0.2, 0) is 6.42 Å². The summed E-state index contributed by atoms with van der Waals surface area (Å²) in [6.07, 6.45) is 1.78. The lowest BCUT2D eigenvalue weighted by molar-refractivity contribution is 0.0697. The van der Waals surface area contributed by atoms with Crippen molar-refractivity contribution in [3.8, 4) is 5.69 Å². The van der Waals surface area contributed by atoms with Gasteiger partial charge in [-0.15, -0.1) is 12.4 Å². The van der Waals surface area contributed by atoms with E-state index in [1.165, 1.54) is 5.56 Å². The highest BCUT2D eigenvalue weighted by Crippen LogP contribution is 2.22. The Hall–Kier alpha value is -1.78. The molecule has 22 heavy (non-hydrogen) atoms. The monoisotopic (exact) mass is 322 g/mol. The zero-order valence-electron chi connectivity index (χ0n) is 13.2. The van der Waals surface area contributed by atoms with Crippen molar-refractivity contribution in [2.24, 2.45) is 5.73 Å². The number of hydrogen-bond donors (Lipinski definition) is 2. The predicted molar refractivity (Wildman–Crippen MR) is 91.4 cm³/mol. The second kappa shape index (κ2) is 7.47. The predicted octanol–water partition coefficient (Wildman–Crippen LogP) is 3.49. The molecule has 1 aromatic carbocycles. The van der Waals surface area contributed by atoms with Crippen LogP contribution in [0.2, 0.25) is 0 Å². The summed E-state index contributed by atoms with van der Waals surface area (Å²) < 4.78 is 2.09. The van der Waals surface area contributed by atoms with Gasteiger partial charge in [0.25, 0.3) is 0 Å². The van der Waals surface area contributed by atoms with Crippen LogP contribution in [0, 0.1) is 13.8 Å². The molecule has 0 saturated heterocycles. The first-order chi connectivity index (χ1) is 9.93. The highest BCUT2D eigenvalue weighted by molar-refractivity contribution is 5.88. The van der Waals surface area contributed by atoms with E-state index < -0.39 is 5.97 Å². The SMILES string of the molecule is CCC(N)Cc1cc(C)n(-c2cccc(C(=O)O)c2)c1C.Cl. The highest BCUT2D eigenvalue weighted by atomic mass is 35.5. The first kappa shape index (κ1) is 18.3. The standard InChI is InChI=1S/C17H22N2O2.ClH/c1-4-15(18)9-14-8-11(2)19(12(14)3)16-7-5-6-13(10-16)17(20)21;/h5-8,10,15H,4,9,18H2,1-3H3,(H,20,21);1H. The molecule has 120 valence electrons. The van der Waals surface area contributed by atoms with Crippen LogP contribution in [0.25, 0.3) is 5.69 Å². The Bertz CT molecular complexity index is 665. The van der Waals surface area contributed by atoms with Crippen molar-refractivity contribution >= 4 is 18.4 Å². The minimum Gasteiger partial charge on any atom is -0.478 e. The number of hydrogen-bond acceptors (Lipinski definition) is 2. The van der Waals surface area contributed by atoms with E-state index in [1.807, 2.05) is 13.0 Å². The summed E-state index contributed by atoms with van der Waals surface area (Å²) >= 11 is 0. The number of carboxylic acids is 1. The number of benzene rings is 1. The smallest absolute Gasteiger partial charge is 0.335 e. The Balaban J connectivity index is 0.00000242. The Kier molecular flexibility index (Phi) is 6.21. The molecule has 1 heterocycles. The molecule has 1 atom stereocenters. The maximum Gasteiger partial charge on any atom is 0.335 e. The summed E-state index contributed by atoms with van der Waals surface area (Å²) in [4.78, 5) is 11.1. The second-order valence-electron chi connectivity index (χ2n) is 5.46. The van der Waals surface area contributed by atoms with E-state index in [9.17, 15) is 4.79 Å². The number of carbonyl (C=O) groups is 1. The van der Waals surface area contributed by atoms with Crippen LogP contribution in [0.3, 0.4) is 0 Å². The molecule has 5 heteroatoms. The molecule has 0 aliphatic heterocycles. The van der Waals surface area contributed by atoms with Crippen LogP contribution in [0.4, 0.5) is 0 Å². The van der Waals surface area contributed by atoms with Gasteiger partial charge in [0.15, 0.2) is 0 Å². The van der Waals surface area contributed by atoms with Gasteiger partial charge < -0.3 is 15.4 Å². The fourth-order valence-electron chi connectivity index (χ4n) is 2.64. The van der Waals surface area contributed by atoms with Gasteiger partial charge in [-0.1, -0.05) is 13.0 Å². The Morgan fingerprint density at radius 3 is 2.59 bits per heavy atom. The number of aromatic carboxylic acids is 1. The second-order valence-corrected chi connectivity index (χ2v) is 5.46. The van der Waals surface area contributed by atoms with Crippen molar-refractivity contribution in [3.05, 3.63) is 52.8 Å². The zero-order valence-corrected chi connectivity index (χ0v) is 14.0. The van der Waals surface area contributed by atoms with E-state index in [2.05, 4.69) is 24.5 Å². The molecule has 2 aromatic rings. The number of aromatic nitrogens is 1. The molecule has 0 aliphatic carbocycles. The third-order valence-corrected chi connectivity index (χ3v) is 3.89. The van der Waals surface area contributed by atoms with Gasteiger partial charge in [-0.25, -0.2) is 4.79 Å². The lowest BCUT2D eigenvalue weighted by atomic mass is 10.1.